The maximum absolute atomic E-state index is 13.3. The van der Waals surface area contributed by atoms with Crippen molar-refractivity contribution >= 4 is 34.0 Å². The molecule has 3 heterocycles. The molecule has 27 nitrogen and oxygen atoms in total. The molecule has 0 bridgehead atoms. The van der Waals surface area contributed by atoms with Crippen molar-refractivity contribution in [2.24, 2.45) is 5.92 Å². The number of carbonyl (C=O) groups excluding carboxylic acids is 4. The van der Waals surface area contributed by atoms with E-state index in [0.29, 0.717) is 25.7 Å². The third-order valence-corrected chi connectivity index (χ3v) is 24.3. The van der Waals surface area contributed by atoms with Gasteiger partial charge in [0.05, 0.1) is 26.4 Å². The van der Waals surface area contributed by atoms with Crippen LogP contribution >= 0.6 is 0 Å². The summed E-state index contributed by atoms with van der Waals surface area (Å²) in [6.07, 6.45) is 35.8. The van der Waals surface area contributed by atoms with Gasteiger partial charge in [-0.05, 0) is 31.6 Å². The van der Waals surface area contributed by atoms with Crippen LogP contribution in [0, 0.1) is 5.92 Å². The molecular weight excluding hydrogens is 1550 g/mol. The average molecular weight is 1710 g/mol. The number of aliphatic hydroxyl groups excluding tert-OH is 10. The standard InChI is InChI=1S/C90H168O27S/c1-4-7-10-12-14-16-18-20-21-25-28-32-38-44-51-58-75(92)108-63-70(65-110-88-86(103)83(100)80(97)73(116-88)67-112-90-85(102)82(99)79(96)72(62-91)115-90)113-77(94)60-53-47-40-34-30-26-22-24-27-31-36-42-49-56-69(55-48-9-6-3)57-50-43-37-35-41-45-52-59-76(93)109-64-71(66-111-89-87(104)84(101)81(98)74(117-89)68-118(105,106)107)114-78(95)61-54-46-39-33-29-23-19-17-15-13-11-8-5-2/h69-74,79-91,96-104H,4-68H2,1-3H3,(H,105,106,107)/t69-,70+,71+,72+,73+,74+,79-,80-,81+,82-,83-,84-,85+,86+,87+,88+,89+,90-/m0/s1. The molecule has 3 aliphatic rings. The quantitative estimate of drug-likeness (QED) is 0.0117. The van der Waals surface area contributed by atoms with Crippen molar-refractivity contribution in [1.82, 2.24) is 0 Å². The number of hydrogen-bond acceptors (Lipinski definition) is 26. The molecular formula is C90H168O27S. The van der Waals surface area contributed by atoms with Gasteiger partial charge >= 0.3 is 23.9 Å². The lowest BCUT2D eigenvalue weighted by molar-refractivity contribution is -0.332. The van der Waals surface area contributed by atoms with Crippen LogP contribution in [0.1, 0.15) is 393 Å². The Hall–Kier alpha value is -2.85. The molecule has 0 radical (unpaired) electrons. The molecule has 0 aromatic carbocycles. The zero-order valence-corrected chi connectivity index (χ0v) is 74.0. The second-order valence-corrected chi connectivity index (χ2v) is 35.8. The van der Waals surface area contributed by atoms with Gasteiger partial charge in [-0.1, -0.05) is 342 Å². The molecule has 18 atom stereocenters. The monoisotopic (exact) mass is 1710 g/mol. The fourth-order valence-electron chi connectivity index (χ4n) is 15.9. The Balaban J connectivity index is 1.30. The van der Waals surface area contributed by atoms with E-state index in [2.05, 4.69) is 20.8 Å². The summed E-state index contributed by atoms with van der Waals surface area (Å²) in [6, 6.07) is 0. The Labute approximate surface area is 710 Å². The summed E-state index contributed by atoms with van der Waals surface area (Å²) in [5.41, 5.74) is 0. The van der Waals surface area contributed by atoms with Crippen LogP contribution in [0.5, 0.6) is 0 Å². The molecule has 0 aromatic heterocycles. The Morgan fingerprint density at radius 2 is 0.542 bits per heavy atom. The van der Waals surface area contributed by atoms with Crippen LogP contribution in [0.2, 0.25) is 0 Å². The van der Waals surface area contributed by atoms with Crippen molar-refractivity contribution in [3.05, 3.63) is 0 Å². The molecule has 0 aliphatic carbocycles. The van der Waals surface area contributed by atoms with Crippen LogP contribution in [-0.4, -0.2) is 238 Å². The highest BCUT2D eigenvalue weighted by atomic mass is 32.2. The lowest BCUT2D eigenvalue weighted by atomic mass is 9.89. The minimum atomic E-state index is -4.64. The van der Waals surface area contributed by atoms with Gasteiger partial charge in [-0.25, -0.2) is 0 Å². The van der Waals surface area contributed by atoms with Crippen LogP contribution in [0.15, 0.2) is 0 Å². The zero-order chi connectivity index (χ0) is 86.2. The first-order valence-corrected chi connectivity index (χ1v) is 48.8. The Morgan fingerprint density at radius 1 is 0.297 bits per heavy atom. The van der Waals surface area contributed by atoms with Crippen molar-refractivity contribution in [3.8, 4) is 0 Å². The van der Waals surface area contributed by atoms with Gasteiger partial charge < -0.3 is 98.4 Å². The Morgan fingerprint density at radius 3 is 0.856 bits per heavy atom. The Bertz CT molecular complexity index is 2540. The summed E-state index contributed by atoms with van der Waals surface area (Å²) in [6.45, 7) is 3.97. The molecule has 0 saturated carbocycles. The molecule has 11 N–H and O–H groups in total. The van der Waals surface area contributed by atoms with Crippen LogP contribution in [0.3, 0.4) is 0 Å². The van der Waals surface area contributed by atoms with Crippen molar-refractivity contribution in [2.75, 3.05) is 45.4 Å². The van der Waals surface area contributed by atoms with Crippen LogP contribution in [0.25, 0.3) is 0 Å². The van der Waals surface area contributed by atoms with Gasteiger partial charge in [0.1, 0.15) is 92.2 Å². The first kappa shape index (κ1) is 109. The molecule has 696 valence electrons. The number of unbranched alkanes of at least 4 members (excludes halogenated alkanes) is 46. The predicted octanol–water partition coefficient (Wildman–Crippen LogP) is 14.6. The van der Waals surface area contributed by atoms with Gasteiger partial charge in [-0.2, -0.15) is 8.42 Å². The van der Waals surface area contributed by atoms with Gasteiger partial charge in [0.25, 0.3) is 10.1 Å². The number of hydrogen-bond donors (Lipinski definition) is 11. The normalized spacial score (nSPS) is 24.4. The van der Waals surface area contributed by atoms with E-state index in [1.807, 2.05) is 0 Å². The smallest absolute Gasteiger partial charge is 0.306 e. The number of aliphatic hydroxyl groups is 10. The number of carbonyl (C=O) groups is 4. The summed E-state index contributed by atoms with van der Waals surface area (Å²) in [4.78, 5) is 52.2. The number of ether oxygens (including phenoxy) is 10. The molecule has 0 aromatic rings. The molecule has 28 heteroatoms. The summed E-state index contributed by atoms with van der Waals surface area (Å²) < 4.78 is 88.8. The van der Waals surface area contributed by atoms with Crippen LogP contribution in [0.4, 0.5) is 0 Å². The highest BCUT2D eigenvalue weighted by Gasteiger charge is 2.49. The molecule has 118 heavy (non-hydrogen) atoms. The van der Waals surface area contributed by atoms with E-state index in [-0.39, 0.29) is 38.9 Å². The lowest BCUT2D eigenvalue weighted by Gasteiger charge is -2.42. The van der Waals surface area contributed by atoms with Crippen LogP contribution < -0.4 is 0 Å². The molecule has 3 rings (SSSR count). The van der Waals surface area contributed by atoms with Crippen molar-refractivity contribution < 1.29 is 131 Å². The summed E-state index contributed by atoms with van der Waals surface area (Å²) in [7, 11) is -4.64. The van der Waals surface area contributed by atoms with E-state index in [1.165, 1.54) is 225 Å². The molecule has 0 spiro atoms. The van der Waals surface area contributed by atoms with Crippen molar-refractivity contribution in [3.63, 3.8) is 0 Å². The van der Waals surface area contributed by atoms with Crippen molar-refractivity contribution in [2.45, 2.75) is 498 Å². The Kier molecular flexibility index (Phi) is 65.2. The minimum Gasteiger partial charge on any atom is -0.462 e. The topological polar surface area (TPSA) is 417 Å². The molecule has 3 saturated heterocycles. The summed E-state index contributed by atoms with van der Waals surface area (Å²) in [5.74, 6) is -2.24. The second kappa shape index (κ2) is 70.3. The molecule has 0 unspecified atom stereocenters. The van der Waals surface area contributed by atoms with Gasteiger partial charge in [0.15, 0.2) is 31.1 Å². The third kappa shape index (κ3) is 52.8. The summed E-state index contributed by atoms with van der Waals surface area (Å²) in [5, 5.41) is 104. The largest absolute Gasteiger partial charge is 0.462 e. The highest BCUT2D eigenvalue weighted by molar-refractivity contribution is 7.85. The maximum Gasteiger partial charge on any atom is 0.306 e. The van der Waals surface area contributed by atoms with Gasteiger partial charge in [0.2, 0.25) is 0 Å². The summed E-state index contributed by atoms with van der Waals surface area (Å²) >= 11 is 0. The molecule has 3 aliphatic heterocycles. The number of esters is 4. The minimum absolute atomic E-state index is 0.131. The first-order chi connectivity index (χ1) is 57.0. The maximum atomic E-state index is 13.3. The van der Waals surface area contributed by atoms with Gasteiger partial charge in [-0.15, -0.1) is 0 Å². The van der Waals surface area contributed by atoms with E-state index in [0.717, 1.165) is 102 Å². The van der Waals surface area contributed by atoms with E-state index in [4.69, 9.17) is 47.4 Å². The number of rotatable bonds is 78. The van der Waals surface area contributed by atoms with Gasteiger partial charge in [0, 0.05) is 25.7 Å². The zero-order valence-electron chi connectivity index (χ0n) is 73.2. The highest BCUT2D eigenvalue weighted by Crippen LogP contribution is 2.30. The predicted molar refractivity (Wildman–Crippen MR) is 451 cm³/mol. The fourth-order valence-corrected chi connectivity index (χ4v) is 16.6. The van der Waals surface area contributed by atoms with Gasteiger partial charge in [-0.3, -0.25) is 23.7 Å². The second-order valence-electron chi connectivity index (χ2n) is 34.3. The van der Waals surface area contributed by atoms with E-state index in [1.54, 1.807) is 0 Å². The third-order valence-electron chi connectivity index (χ3n) is 23.5. The van der Waals surface area contributed by atoms with Crippen molar-refractivity contribution in [1.29, 1.82) is 0 Å². The molecule has 0 amide bonds. The SMILES string of the molecule is CCCCCCCCCCCCCCCCCC(=O)OC[C@H](CO[C@@H]1O[C@H](CO[C@H]2O[C@H](CO)[C@H](O)[C@H](O)[C@H]2O)[C@H](O)[C@H](O)[C@H]1O)OC(=O)CCCCCCCCCCCCCCC[C@H](CCCCC)CCCCCCCCCC(=O)OC[C@H](CO[C@@H]1O[C@H](CS(=O)(=O)O)[C@@H](O)[C@H](O)[C@H]1O)OC(=O)CCCCCCCCCCCCCCC. The van der Waals surface area contributed by atoms with E-state index >= 15 is 0 Å². The first-order valence-electron chi connectivity index (χ1n) is 47.2. The van der Waals surface area contributed by atoms with Crippen LogP contribution in [-0.2, 0) is 76.7 Å². The lowest BCUT2D eigenvalue weighted by Crippen LogP contribution is -2.61. The molecule has 3 fully saturated rings. The average Bonchev–Trinajstić information content (AvgIpc) is 0.820. The van der Waals surface area contributed by atoms with E-state index in [9.17, 15) is 83.2 Å². The van der Waals surface area contributed by atoms with E-state index < -0.39 is 171 Å². The fraction of sp³-hybridized carbons (Fsp3) is 0.956.